The van der Waals surface area contributed by atoms with Crippen molar-refractivity contribution < 1.29 is 4.79 Å². The van der Waals surface area contributed by atoms with Crippen molar-refractivity contribution in [2.75, 3.05) is 5.32 Å². The summed E-state index contributed by atoms with van der Waals surface area (Å²) in [5.74, 6) is 0.673. The molecule has 5 rings (SSSR count). The molecule has 0 atom stereocenters. The van der Waals surface area contributed by atoms with E-state index in [4.69, 9.17) is 0 Å². The van der Waals surface area contributed by atoms with E-state index in [9.17, 15) is 4.79 Å². The Kier molecular flexibility index (Phi) is 3.99. The van der Waals surface area contributed by atoms with E-state index in [-0.39, 0.29) is 5.91 Å². The van der Waals surface area contributed by atoms with Gasteiger partial charge in [0.15, 0.2) is 0 Å². The summed E-state index contributed by atoms with van der Waals surface area (Å²) in [6.45, 7) is 0. The number of aromatic amines is 1. The van der Waals surface area contributed by atoms with Crippen LogP contribution in [0.4, 0.5) is 5.69 Å². The molecule has 5 aromatic rings. The Bertz CT molecular complexity index is 1240. The quantitative estimate of drug-likeness (QED) is 0.470. The number of nitrogens with zero attached hydrogens (tertiary/aromatic N) is 3. The maximum Gasteiger partial charge on any atom is 0.255 e. The fraction of sp³-hybridized carbons (Fsp3) is 0. The van der Waals surface area contributed by atoms with Gasteiger partial charge in [-0.15, -0.1) is 11.3 Å². The Hall–Kier alpha value is -3.71. The second-order valence-corrected chi connectivity index (χ2v) is 7.19. The van der Waals surface area contributed by atoms with E-state index in [0.717, 1.165) is 33.1 Å². The number of anilines is 1. The number of hydrogen-bond acceptors (Lipinski definition) is 4. The van der Waals surface area contributed by atoms with E-state index < -0.39 is 0 Å². The SMILES string of the molecule is O=C(Nc1ccc2nc(-c3cccs3)[nH]c2c1)c1ccc(-n2cccn2)cc1. The van der Waals surface area contributed by atoms with Crippen LogP contribution in [0.1, 0.15) is 10.4 Å². The topological polar surface area (TPSA) is 75.6 Å². The van der Waals surface area contributed by atoms with E-state index in [1.807, 2.05) is 60.1 Å². The van der Waals surface area contributed by atoms with Crippen LogP contribution in [0, 0.1) is 0 Å². The number of thiophene rings is 1. The van der Waals surface area contributed by atoms with Gasteiger partial charge in [0.25, 0.3) is 5.91 Å². The van der Waals surface area contributed by atoms with Crippen LogP contribution in [-0.2, 0) is 0 Å². The van der Waals surface area contributed by atoms with Crippen LogP contribution < -0.4 is 5.32 Å². The molecule has 0 saturated carbocycles. The number of benzene rings is 2. The highest BCUT2D eigenvalue weighted by Gasteiger charge is 2.10. The second-order valence-electron chi connectivity index (χ2n) is 6.25. The largest absolute Gasteiger partial charge is 0.337 e. The zero-order chi connectivity index (χ0) is 18.9. The summed E-state index contributed by atoms with van der Waals surface area (Å²) in [5, 5.41) is 9.15. The van der Waals surface area contributed by atoms with Crippen LogP contribution in [0.25, 0.3) is 27.4 Å². The third kappa shape index (κ3) is 3.08. The summed E-state index contributed by atoms with van der Waals surface area (Å²) in [7, 11) is 0. The van der Waals surface area contributed by atoms with Gasteiger partial charge >= 0.3 is 0 Å². The van der Waals surface area contributed by atoms with Gasteiger partial charge in [0.2, 0.25) is 0 Å². The molecule has 0 saturated heterocycles. The highest BCUT2D eigenvalue weighted by Crippen LogP contribution is 2.26. The minimum atomic E-state index is -0.163. The van der Waals surface area contributed by atoms with Crippen molar-refractivity contribution >= 4 is 34.0 Å². The molecule has 3 aromatic heterocycles. The molecule has 2 aromatic carbocycles. The zero-order valence-corrected chi connectivity index (χ0v) is 15.5. The second kappa shape index (κ2) is 6.79. The molecule has 0 fully saturated rings. The van der Waals surface area contributed by atoms with Crippen molar-refractivity contribution in [1.82, 2.24) is 19.7 Å². The minimum absolute atomic E-state index is 0.163. The molecule has 0 radical (unpaired) electrons. The Balaban J connectivity index is 1.36. The number of amides is 1. The van der Waals surface area contributed by atoms with Crippen molar-refractivity contribution in [2.45, 2.75) is 0 Å². The van der Waals surface area contributed by atoms with Crippen LogP contribution in [0.5, 0.6) is 0 Å². The number of aromatic nitrogens is 4. The first-order valence-electron chi connectivity index (χ1n) is 8.71. The number of imidazole rings is 1. The average Bonchev–Trinajstić information content (AvgIpc) is 3.48. The third-order valence-corrected chi connectivity index (χ3v) is 5.27. The average molecular weight is 385 g/mol. The first-order valence-corrected chi connectivity index (χ1v) is 9.59. The lowest BCUT2D eigenvalue weighted by atomic mass is 10.2. The predicted octanol–water partition coefficient (Wildman–Crippen LogP) is 4.73. The molecule has 1 amide bonds. The summed E-state index contributed by atoms with van der Waals surface area (Å²) >= 11 is 1.63. The van der Waals surface area contributed by atoms with Crippen molar-refractivity contribution in [3.05, 3.63) is 84.0 Å². The van der Waals surface area contributed by atoms with Crippen molar-refractivity contribution in [2.24, 2.45) is 0 Å². The monoisotopic (exact) mass is 385 g/mol. The van der Waals surface area contributed by atoms with Gasteiger partial charge in [-0.2, -0.15) is 5.10 Å². The Morgan fingerprint density at radius 2 is 1.96 bits per heavy atom. The third-order valence-electron chi connectivity index (χ3n) is 4.39. The molecule has 0 aliphatic rings. The molecule has 2 N–H and O–H groups in total. The zero-order valence-electron chi connectivity index (χ0n) is 14.7. The van der Waals surface area contributed by atoms with Crippen molar-refractivity contribution in [3.63, 3.8) is 0 Å². The molecular weight excluding hydrogens is 370 g/mol. The Morgan fingerprint density at radius 3 is 2.71 bits per heavy atom. The summed E-state index contributed by atoms with van der Waals surface area (Å²) in [6, 6.07) is 18.9. The molecule has 0 spiro atoms. The number of fused-ring (bicyclic) bond motifs is 1. The van der Waals surface area contributed by atoms with E-state index in [2.05, 4.69) is 20.4 Å². The van der Waals surface area contributed by atoms with E-state index in [0.29, 0.717) is 5.56 Å². The van der Waals surface area contributed by atoms with E-state index >= 15 is 0 Å². The lowest BCUT2D eigenvalue weighted by Crippen LogP contribution is -2.11. The van der Waals surface area contributed by atoms with Crippen LogP contribution in [0.15, 0.2) is 78.4 Å². The standard InChI is InChI=1S/C21H15N5OS/c27-21(14-4-7-16(8-5-14)26-11-2-10-22-26)23-15-6-9-17-18(13-15)25-20(24-17)19-3-1-12-28-19/h1-13H,(H,23,27)(H,24,25). The van der Waals surface area contributed by atoms with Crippen LogP contribution in [0.2, 0.25) is 0 Å². The molecule has 7 heteroatoms. The van der Waals surface area contributed by atoms with E-state index in [1.54, 1.807) is 34.3 Å². The lowest BCUT2D eigenvalue weighted by molar-refractivity contribution is 0.102. The van der Waals surface area contributed by atoms with Gasteiger partial charge < -0.3 is 10.3 Å². The maximum atomic E-state index is 12.6. The molecule has 6 nitrogen and oxygen atoms in total. The first-order chi connectivity index (χ1) is 13.8. The fourth-order valence-electron chi connectivity index (χ4n) is 3.01. The van der Waals surface area contributed by atoms with Gasteiger partial charge in [-0.25, -0.2) is 9.67 Å². The van der Waals surface area contributed by atoms with Crippen molar-refractivity contribution in [1.29, 1.82) is 0 Å². The van der Waals surface area contributed by atoms with Gasteiger partial charge in [0, 0.05) is 23.6 Å². The number of rotatable bonds is 4. The number of carbonyl (C=O) groups excluding carboxylic acids is 1. The van der Waals surface area contributed by atoms with Gasteiger partial charge in [0.05, 0.1) is 21.6 Å². The van der Waals surface area contributed by atoms with Gasteiger partial charge in [0.1, 0.15) is 5.82 Å². The summed E-state index contributed by atoms with van der Waals surface area (Å²) in [6.07, 6.45) is 3.58. The molecule has 28 heavy (non-hydrogen) atoms. The summed E-state index contributed by atoms with van der Waals surface area (Å²) in [4.78, 5) is 21.6. The van der Waals surface area contributed by atoms with Crippen molar-refractivity contribution in [3.8, 4) is 16.4 Å². The predicted molar refractivity (Wildman–Crippen MR) is 111 cm³/mol. The molecule has 0 bridgehead atoms. The lowest BCUT2D eigenvalue weighted by Gasteiger charge is -2.06. The number of carbonyl (C=O) groups is 1. The van der Waals surface area contributed by atoms with Gasteiger partial charge in [-0.05, 0) is 60.0 Å². The minimum Gasteiger partial charge on any atom is -0.337 e. The molecule has 0 aliphatic heterocycles. The Morgan fingerprint density at radius 1 is 1.07 bits per heavy atom. The van der Waals surface area contributed by atoms with Crippen LogP contribution in [-0.4, -0.2) is 25.7 Å². The van der Waals surface area contributed by atoms with Gasteiger partial charge in [-0.3, -0.25) is 4.79 Å². The first kappa shape index (κ1) is 16.5. The van der Waals surface area contributed by atoms with Gasteiger partial charge in [-0.1, -0.05) is 6.07 Å². The van der Waals surface area contributed by atoms with Crippen LogP contribution >= 0.6 is 11.3 Å². The molecule has 0 aliphatic carbocycles. The molecule has 3 heterocycles. The summed E-state index contributed by atoms with van der Waals surface area (Å²) in [5.41, 5.74) is 3.96. The fourth-order valence-corrected chi connectivity index (χ4v) is 3.68. The smallest absolute Gasteiger partial charge is 0.255 e. The Labute approximate surface area is 164 Å². The maximum absolute atomic E-state index is 12.6. The molecular formula is C21H15N5OS. The summed E-state index contributed by atoms with van der Waals surface area (Å²) < 4.78 is 1.75. The highest BCUT2D eigenvalue weighted by molar-refractivity contribution is 7.13. The van der Waals surface area contributed by atoms with Crippen LogP contribution in [0.3, 0.4) is 0 Å². The molecule has 136 valence electrons. The number of H-pyrrole nitrogens is 1. The highest BCUT2D eigenvalue weighted by atomic mass is 32.1. The number of nitrogens with one attached hydrogen (secondary N) is 2. The van der Waals surface area contributed by atoms with E-state index in [1.165, 1.54) is 0 Å². The number of hydrogen-bond donors (Lipinski definition) is 2. The normalized spacial score (nSPS) is 11.0. The molecule has 0 unspecified atom stereocenters.